The number of carbonyl (C=O) groups is 1. The molecule has 0 spiro atoms. The summed E-state index contributed by atoms with van der Waals surface area (Å²) >= 11 is 0. The molecule has 0 bridgehead atoms. The van der Waals surface area contributed by atoms with Gasteiger partial charge in [-0.1, -0.05) is 0 Å². The molecule has 1 amide bonds. The van der Waals surface area contributed by atoms with E-state index in [0.717, 1.165) is 5.69 Å². The normalized spacial score (nSPS) is 12.1. The number of aliphatic hydroxyl groups is 1. The maximum absolute atomic E-state index is 11.4. The van der Waals surface area contributed by atoms with Gasteiger partial charge in [0.1, 0.15) is 5.60 Å². The van der Waals surface area contributed by atoms with E-state index >= 15 is 0 Å². The molecule has 0 aromatic heterocycles. The minimum atomic E-state index is -0.742. The van der Waals surface area contributed by atoms with E-state index in [1.165, 1.54) is 0 Å². The van der Waals surface area contributed by atoms with Crippen molar-refractivity contribution >= 4 is 11.8 Å². The third-order valence-electron chi connectivity index (χ3n) is 2.44. The highest BCUT2D eigenvalue weighted by Gasteiger charge is 2.16. The second-order valence-electron chi connectivity index (χ2n) is 5.61. The molecule has 0 unspecified atom stereocenters. The standard InChI is InChI=1S/C15H21N3O3/c1-15(2,3)21-14(20)18-10-13(19)9-17-12-6-4-11(8-16)5-7-12/h4-7,13,17,19H,9-10H2,1-3H3,(H,18,20)/t13-/m1/s1. The number of aliphatic hydroxyl groups excluding tert-OH is 1. The fraction of sp³-hybridized carbons (Fsp3) is 0.467. The summed E-state index contributed by atoms with van der Waals surface area (Å²) in [6.45, 7) is 5.69. The van der Waals surface area contributed by atoms with Crippen LogP contribution in [0.25, 0.3) is 0 Å². The van der Waals surface area contributed by atoms with Gasteiger partial charge in [0, 0.05) is 18.8 Å². The van der Waals surface area contributed by atoms with Gasteiger partial charge in [0.15, 0.2) is 0 Å². The van der Waals surface area contributed by atoms with E-state index < -0.39 is 17.8 Å². The van der Waals surface area contributed by atoms with Gasteiger partial charge < -0.3 is 20.5 Å². The average molecular weight is 291 g/mol. The quantitative estimate of drug-likeness (QED) is 0.769. The predicted octanol–water partition coefficient (Wildman–Crippen LogP) is 1.86. The Morgan fingerprint density at radius 3 is 2.48 bits per heavy atom. The summed E-state index contributed by atoms with van der Waals surface area (Å²) in [4.78, 5) is 11.4. The summed E-state index contributed by atoms with van der Waals surface area (Å²) in [7, 11) is 0. The molecule has 0 saturated heterocycles. The summed E-state index contributed by atoms with van der Waals surface area (Å²) in [6.07, 6.45) is -1.30. The van der Waals surface area contributed by atoms with E-state index in [9.17, 15) is 9.90 Å². The van der Waals surface area contributed by atoms with Gasteiger partial charge in [-0.25, -0.2) is 4.79 Å². The SMILES string of the molecule is CC(C)(C)OC(=O)NC[C@H](O)CNc1ccc(C#N)cc1. The predicted molar refractivity (Wildman–Crippen MR) is 79.9 cm³/mol. The molecule has 1 aromatic rings. The molecule has 114 valence electrons. The molecule has 0 saturated carbocycles. The van der Waals surface area contributed by atoms with Gasteiger partial charge in [-0.15, -0.1) is 0 Å². The number of benzene rings is 1. The van der Waals surface area contributed by atoms with Crippen LogP contribution in [0.1, 0.15) is 26.3 Å². The molecule has 0 fully saturated rings. The van der Waals surface area contributed by atoms with E-state index in [-0.39, 0.29) is 13.1 Å². The van der Waals surface area contributed by atoms with Gasteiger partial charge >= 0.3 is 6.09 Å². The lowest BCUT2D eigenvalue weighted by Crippen LogP contribution is -2.39. The Labute approximate surface area is 124 Å². The van der Waals surface area contributed by atoms with Crippen LogP contribution in [0, 0.1) is 11.3 Å². The molecule has 0 aliphatic carbocycles. The van der Waals surface area contributed by atoms with Crippen molar-refractivity contribution in [2.24, 2.45) is 0 Å². The van der Waals surface area contributed by atoms with Gasteiger partial charge in [-0.2, -0.15) is 5.26 Å². The Balaban J connectivity index is 2.29. The Kier molecular flexibility index (Phi) is 6.00. The zero-order valence-electron chi connectivity index (χ0n) is 12.5. The van der Waals surface area contributed by atoms with E-state index in [4.69, 9.17) is 10.00 Å². The molecule has 0 heterocycles. The molecule has 0 aliphatic rings. The number of nitrogens with one attached hydrogen (secondary N) is 2. The monoisotopic (exact) mass is 291 g/mol. The number of nitrogens with zero attached hydrogens (tertiary/aromatic N) is 1. The first-order valence-corrected chi connectivity index (χ1v) is 6.69. The summed E-state index contributed by atoms with van der Waals surface area (Å²) < 4.78 is 5.06. The number of ether oxygens (including phenoxy) is 1. The van der Waals surface area contributed by atoms with Crippen molar-refractivity contribution in [2.45, 2.75) is 32.5 Å². The van der Waals surface area contributed by atoms with Gasteiger partial charge in [0.05, 0.1) is 17.7 Å². The number of nitriles is 1. The molecule has 0 radical (unpaired) electrons. The van der Waals surface area contributed by atoms with Crippen LogP contribution in [-0.4, -0.2) is 36.0 Å². The summed E-state index contributed by atoms with van der Waals surface area (Å²) in [6, 6.07) is 8.92. The minimum Gasteiger partial charge on any atom is -0.444 e. The van der Waals surface area contributed by atoms with Crippen molar-refractivity contribution in [1.29, 1.82) is 5.26 Å². The Morgan fingerprint density at radius 1 is 1.33 bits per heavy atom. The van der Waals surface area contributed by atoms with Crippen LogP contribution in [0.2, 0.25) is 0 Å². The van der Waals surface area contributed by atoms with Crippen molar-refractivity contribution in [2.75, 3.05) is 18.4 Å². The first kappa shape index (κ1) is 16.8. The smallest absolute Gasteiger partial charge is 0.407 e. The van der Waals surface area contributed by atoms with E-state index in [1.54, 1.807) is 45.0 Å². The zero-order chi connectivity index (χ0) is 15.9. The molecule has 1 atom stereocenters. The fourth-order valence-electron chi connectivity index (χ4n) is 1.49. The van der Waals surface area contributed by atoms with Crippen LogP contribution in [0.15, 0.2) is 24.3 Å². The lowest BCUT2D eigenvalue weighted by molar-refractivity contribution is 0.0496. The fourth-order valence-corrected chi connectivity index (χ4v) is 1.49. The van der Waals surface area contributed by atoms with Crippen LogP contribution in [0.5, 0.6) is 0 Å². The largest absolute Gasteiger partial charge is 0.444 e. The molecule has 3 N–H and O–H groups in total. The second-order valence-corrected chi connectivity index (χ2v) is 5.61. The molecule has 0 aliphatic heterocycles. The summed E-state index contributed by atoms with van der Waals surface area (Å²) in [5.74, 6) is 0. The van der Waals surface area contributed by atoms with E-state index in [0.29, 0.717) is 5.56 Å². The molecular formula is C15H21N3O3. The zero-order valence-corrected chi connectivity index (χ0v) is 12.5. The third kappa shape index (κ3) is 7.18. The number of alkyl carbamates (subject to hydrolysis) is 1. The average Bonchev–Trinajstić information content (AvgIpc) is 2.41. The highest BCUT2D eigenvalue weighted by Crippen LogP contribution is 2.09. The van der Waals surface area contributed by atoms with Crippen LogP contribution in [0.3, 0.4) is 0 Å². The van der Waals surface area contributed by atoms with Crippen molar-refractivity contribution < 1.29 is 14.6 Å². The van der Waals surface area contributed by atoms with E-state index in [1.807, 2.05) is 6.07 Å². The molecular weight excluding hydrogens is 270 g/mol. The first-order valence-electron chi connectivity index (χ1n) is 6.69. The third-order valence-corrected chi connectivity index (χ3v) is 2.44. The first-order chi connectivity index (χ1) is 9.80. The minimum absolute atomic E-state index is 0.0954. The second kappa shape index (κ2) is 7.50. The highest BCUT2D eigenvalue weighted by atomic mass is 16.6. The molecule has 1 aromatic carbocycles. The summed E-state index contributed by atoms with van der Waals surface area (Å²) in [5, 5.41) is 24.0. The van der Waals surface area contributed by atoms with Crippen LogP contribution >= 0.6 is 0 Å². The van der Waals surface area contributed by atoms with Crippen molar-refractivity contribution in [1.82, 2.24) is 5.32 Å². The molecule has 6 heteroatoms. The maximum Gasteiger partial charge on any atom is 0.407 e. The van der Waals surface area contributed by atoms with Crippen molar-refractivity contribution in [3.8, 4) is 6.07 Å². The highest BCUT2D eigenvalue weighted by molar-refractivity contribution is 5.67. The van der Waals surface area contributed by atoms with Crippen LogP contribution in [0.4, 0.5) is 10.5 Å². The number of amides is 1. The van der Waals surface area contributed by atoms with Crippen molar-refractivity contribution in [3.05, 3.63) is 29.8 Å². The Hall–Kier alpha value is -2.26. The van der Waals surface area contributed by atoms with Gasteiger partial charge in [0.25, 0.3) is 0 Å². The topological polar surface area (TPSA) is 94.4 Å². The number of anilines is 1. The van der Waals surface area contributed by atoms with Gasteiger partial charge in [0.2, 0.25) is 0 Å². The lowest BCUT2D eigenvalue weighted by atomic mass is 10.2. The number of rotatable bonds is 5. The number of hydrogen-bond acceptors (Lipinski definition) is 5. The maximum atomic E-state index is 11.4. The number of hydrogen-bond donors (Lipinski definition) is 3. The molecule has 21 heavy (non-hydrogen) atoms. The number of carbonyl (C=O) groups excluding carboxylic acids is 1. The van der Waals surface area contributed by atoms with Crippen molar-refractivity contribution in [3.63, 3.8) is 0 Å². The van der Waals surface area contributed by atoms with Crippen LogP contribution in [-0.2, 0) is 4.74 Å². The summed E-state index contributed by atoms with van der Waals surface area (Å²) in [5.41, 5.74) is 0.813. The molecule has 1 rings (SSSR count). The van der Waals surface area contributed by atoms with E-state index in [2.05, 4.69) is 10.6 Å². The Morgan fingerprint density at radius 2 is 1.95 bits per heavy atom. The van der Waals surface area contributed by atoms with Crippen LogP contribution < -0.4 is 10.6 Å². The molecule has 6 nitrogen and oxygen atoms in total. The van der Waals surface area contributed by atoms with Gasteiger partial charge in [-0.3, -0.25) is 0 Å². The Bertz CT molecular complexity index is 500. The van der Waals surface area contributed by atoms with Gasteiger partial charge in [-0.05, 0) is 45.0 Å². The lowest BCUT2D eigenvalue weighted by Gasteiger charge is -2.20.